The molecule has 1 amide bonds. The number of carbonyl (C=O) groups excluding carboxylic acids is 1. The molecule has 170 valence electrons. The highest BCUT2D eigenvalue weighted by Gasteiger charge is 2.13. The summed E-state index contributed by atoms with van der Waals surface area (Å²) in [6.07, 6.45) is 0. The van der Waals surface area contributed by atoms with E-state index in [0.29, 0.717) is 27.6 Å². The normalized spacial score (nSPS) is 10.6. The molecule has 0 saturated carbocycles. The average Bonchev–Trinajstić information content (AvgIpc) is 3.52. The van der Waals surface area contributed by atoms with Gasteiger partial charge in [-0.3, -0.25) is 9.89 Å². The Bertz CT molecular complexity index is 1240. The molecule has 0 aliphatic carbocycles. The summed E-state index contributed by atoms with van der Waals surface area (Å²) in [7, 11) is 4.79. The van der Waals surface area contributed by atoms with Gasteiger partial charge in [0.25, 0.3) is 0 Å². The molecule has 0 unspecified atom stereocenters. The van der Waals surface area contributed by atoms with Crippen molar-refractivity contribution < 1.29 is 19.0 Å². The van der Waals surface area contributed by atoms with Crippen LogP contribution in [0.15, 0.2) is 53.0 Å². The molecule has 9 nitrogen and oxygen atoms in total. The number of hydrogen-bond acceptors (Lipinski definition) is 9. The summed E-state index contributed by atoms with van der Waals surface area (Å²) in [5, 5.41) is 12.7. The lowest BCUT2D eigenvalue weighted by Gasteiger charge is -2.08. The topological polar surface area (TPSA) is 111 Å². The van der Waals surface area contributed by atoms with E-state index in [1.807, 2.05) is 47.8 Å². The van der Waals surface area contributed by atoms with E-state index in [0.717, 1.165) is 22.6 Å². The predicted molar refractivity (Wildman–Crippen MR) is 128 cm³/mol. The van der Waals surface area contributed by atoms with E-state index >= 15 is 0 Å². The van der Waals surface area contributed by atoms with Gasteiger partial charge < -0.3 is 19.5 Å². The van der Waals surface area contributed by atoms with Crippen LogP contribution in [0.25, 0.3) is 22.6 Å². The number of nitrogens with zero attached hydrogens (tertiary/aromatic N) is 3. The lowest BCUT2D eigenvalue weighted by molar-refractivity contribution is -0.113. The van der Waals surface area contributed by atoms with E-state index in [-0.39, 0.29) is 11.7 Å². The van der Waals surface area contributed by atoms with Crippen LogP contribution in [0.4, 0.5) is 5.13 Å². The van der Waals surface area contributed by atoms with E-state index in [1.54, 1.807) is 21.3 Å². The number of rotatable bonds is 9. The Hall–Kier alpha value is -3.57. The van der Waals surface area contributed by atoms with Crippen molar-refractivity contribution in [2.45, 2.75) is 5.16 Å². The maximum atomic E-state index is 12.4. The zero-order chi connectivity index (χ0) is 23.2. The van der Waals surface area contributed by atoms with Crippen LogP contribution in [-0.4, -0.2) is 53.2 Å². The molecule has 0 spiro atoms. The molecule has 33 heavy (non-hydrogen) atoms. The maximum absolute atomic E-state index is 12.4. The van der Waals surface area contributed by atoms with Gasteiger partial charge in [-0.1, -0.05) is 11.8 Å². The lowest BCUT2D eigenvalue weighted by atomic mass is 10.1. The van der Waals surface area contributed by atoms with Gasteiger partial charge in [-0.25, -0.2) is 9.97 Å². The van der Waals surface area contributed by atoms with E-state index in [1.165, 1.54) is 23.1 Å². The summed E-state index contributed by atoms with van der Waals surface area (Å²) in [4.78, 5) is 21.3. The van der Waals surface area contributed by atoms with Crippen molar-refractivity contribution in [3.63, 3.8) is 0 Å². The number of H-pyrrole nitrogens is 1. The number of anilines is 1. The molecule has 2 aromatic carbocycles. The highest BCUT2D eigenvalue weighted by Crippen LogP contribution is 2.33. The number of ether oxygens (including phenoxy) is 3. The van der Waals surface area contributed by atoms with Crippen LogP contribution in [0.1, 0.15) is 0 Å². The van der Waals surface area contributed by atoms with Crippen LogP contribution < -0.4 is 19.5 Å². The molecule has 0 fully saturated rings. The minimum atomic E-state index is -0.191. The number of thiazole rings is 1. The van der Waals surface area contributed by atoms with Crippen molar-refractivity contribution >= 4 is 34.1 Å². The zero-order valence-corrected chi connectivity index (χ0v) is 19.8. The monoisotopic (exact) mass is 483 g/mol. The fraction of sp³-hybridized carbons (Fsp3) is 0.182. The second-order valence-electron chi connectivity index (χ2n) is 6.64. The van der Waals surface area contributed by atoms with Gasteiger partial charge in [-0.15, -0.1) is 16.4 Å². The maximum Gasteiger partial charge on any atom is 0.236 e. The number of carbonyl (C=O) groups is 1. The summed E-state index contributed by atoms with van der Waals surface area (Å²) in [6, 6.07) is 13.0. The van der Waals surface area contributed by atoms with Gasteiger partial charge in [-0.05, 0) is 42.5 Å². The largest absolute Gasteiger partial charge is 0.497 e. The first-order chi connectivity index (χ1) is 16.1. The minimum absolute atomic E-state index is 0.158. The van der Waals surface area contributed by atoms with Crippen molar-refractivity contribution in [3.05, 3.63) is 47.8 Å². The van der Waals surface area contributed by atoms with E-state index in [4.69, 9.17) is 14.2 Å². The van der Waals surface area contributed by atoms with E-state index in [9.17, 15) is 4.79 Å². The SMILES string of the molecule is COc1ccc(-c2nc(SCC(=O)Nc3nc(-c4ccc(OC)c(OC)c4)cs3)n[nH]2)cc1. The number of hydrogen-bond donors (Lipinski definition) is 2. The van der Waals surface area contributed by atoms with Crippen LogP contribution in [0.3, 0.4) is 0 Å². The first-order valence-electron chi connectivity index (χ1n) is 9.77. The molecule has 0 atom stereocenters. The molecular weight excluding hydrogens is 462 g/mol. The van der Waals surface area contributed by atoms with Crippen molar-refractivity contribution in [1.82, 2.24) is 20.2 Å². The Kier molecular flexibility index (Phi) is 7.10. The third-order valence-electron chi connectivity index (χ3n) is 4.59. The fourth-order valence-electron chi connectivity index (χ4n) is 2.93. The Balaban J connectivity index is 1.34. The molecule has 2 heterocycles. The summed E-state index contributed by atoms with van der Waals surface area (Å²) < 4.78 is 15.8. The number of aromatic nitrogens is 4. The minimum Gasteiger partial charge on any atom is -0.497 e. The van der Waals surface area contributed by atoms with Crippen LogP contribution >= 0.6 is 23.1 Å². The molecule has 0 saturated heterocycles. The number of amides is 1. The van der Waals surface area contributed by atoms with Crippen molar-refractivity contribution in [3.8, 4) is 39.9 Å². The highest BCUT2D eigenvalue weighted by molar-refractivity contribution is 7.99. The molecule has 0 radical (unpaired) electrons. The number of aromatic amines is 1. The second-order valence-corrected chi connectivity index (χ2v) is 8.44. The van der Waals surface area contributed by atoms with Gasteiger partial charge in [0, 0.05) is 16.5 Å². The van der Waals surface area contributed by atoms with Gasteiger partial charge in [0.15, 0.2) is 22.5 Å². The lowest BCUT2D eigenvalue weighted by Crippen LogP contribution is -2.13. The first-order valence-corrected chi connectivity index (χ1v) is 11.6. The molecule has 11 heteroatoms. The fourth-order valence-corrected chi connectivity index (χ4v) is 4.27. The van der Waals surface area contributed by atoms with Crippen LogP contribution in [0.2, 0.25) is 0 Å². The zero-order valence-electron chi connectivity index (χ0n) is 18.1. The van der Waals surface area contributed by atoms with Crippen molar-refractivity contribution in [1.29, 1.82) is 0 Å². The summed E-state index contributed by atoms with van der Waals surface area (Å²) in [6.45, 7) is 0. The number of benzene rings is 2. The second kappa shape index (κ2) is 10.4. The standard InChI is InChI=1S/C22H21N5O4S2/c1-29-15-7-4-13(5-8-15)20-25-22(27-26-20)33-12-19(28)24-21-23-16(11-32-21)14-6-9-17(30-2)18(10-14)31-3/h4-11H,12H2,1-3H3,(H,23,24,28)(H,25,26,27). The summed E-state index contributed by atoms with van der Waals surface area (Å²) in [5.74, 6) is 2.62. The van der Waals surface area contributed by atoms with Crippen molar-refractivity contribution in [2.24, 2.45) is 0 Å². The third kappa shape index (κ3) is 5.44. The number of thioether (sulfide) groups is 1. The molecule has 0 aliphatic heterocycles. The Morgan fingerprint density at radius 3 is 2.48 bits per heavy atom. The smallest absolute Gasteiger partial charge is 0.236 e. The number of nitrogens with one attached hydrogen (secondary N) is 2. The summed E-state index contributed by atoms with van der Waals surface area (Å²) in [5.41, 5.74) is 2.48. The Morgan fingerprint density at radius 1 is 1.00 bits per heavy atom. The Morgan fingerprint density at radius 2 is 1.76 bits per heavy atom. The molecule has 2 N–H and O–H groups in total. The predicted octanol–water partition coefficient (Wildman–Crippen LogP) is 4.35. The molecule has 4 aromatic rings. The van der Waals surface area contributed by atoms with E-state index < -0.39 is 0 Å². The average molecular weight is 484 g/mol. The van der Waals surface area contributed by atoms with Crippen LogP contribution in [0, 0.1) is 0 Å². The van der Waals surface area contributed by atoms with Gasteiger partial charge >= 0.3 is 0 Å². The first kappa shape index (κ1) is 22.6. The van der Waals surface area contributed by atoms with Gasteiger partial charge in [-0.2, -0.15) is 0 Å². The summed E-state index contributed by atoms with van der Waals surface area (Å²) >= 11 is 2.59. The van der Waals surface area contributed by atoms with Crippen LogP contribution in [-0.2, 0) is 4.79 Å². The quantitative estimate of drug-likeness (QED) is 0.338. The molecule has 0 bridgehead atoms. The molecule has 0 aliphatic rings. The molecule has 4 rings (SSSR count). The molecule has 2 aromatic heterocycles. The third-order valence-corrected chi connectivity index (χ3v) is 6.20. The van der Waals surface area contributed by atoms with Crippen molar-refractivity contribution in [2.75, 3.05) is 32.4 Å². The number of methoxy groups -OCH3 is 3. The van der Waals surface area contributed by atoms with E-state index in [2.05, 4.69) is 25.5 Å². The molecular formula is C22H21N5O4S2. The van der Waals surface area contributed by atoms with Gasteiger partial charge in [0.05, 0.1) is 32.8 Å². The Labute approximate surface area is 198 Å². The van der Waals surface area contributed by atoms with Gasteiger partial charge in [0.1, 0.15) is 5.75 Å². The highest BCUT2D eigenvalue weighted by atomic mass is 32.2. The van der Waals surface area contributed by atoms with Gasteiger partial charge in [0.2, 0.25) is 11.1 Å². The van der Waals surface area contributed by atoms with Crippen LogP contribution in [0.5, 0.6) is 17.2 Å².